The molecule has 14 heavy (non-hydrogen) atoms. The van der Waals surface area contributed by atoms with Gasteiger partial charge in [0, 0.05) is 18.6 Å². The third-order valence-corrected chi connectivity index (χ3v) is 2.78. The van der Waals surface area contributed by atoms with Crippen molar-refractivity contribution in [3.05, 3.63) is 0 Å². The zero-order chi connectivity index (χ0) is 10.6. The Morgan fingerprint density at radius 1 is 1.43 bits per heavy atom. The first-order valence-corrected chi connectivity index (χ1v) is 5.43. The van der Waals surface area contributed by atoms with Crippen LogP contribution in [0.2, 0.25) is 0 Å². The molecule has 4 heteroatoms. The van der Waals surface area contributed by atoms with Gasteiger partial charge in [-0.3, -0.25) is 0 Å². The summed E-state index contributed by atoms with van der Waals surface area (Å²) >= 11 is 0. The maximum Gasteiger partial charge on any atom is 0.315 e. The summed E-state index contributed by atoms with van der Waals surface area (Å²) in [5.74, 6) is 0. The van der Waals surface area contributed by atoms with E-state index in [0.717, 1.165) is 12.8 Å². The first-order chi connectivity index (χ1) is 6.61. The summed E-state index contributed by atoms with van der Waals surface area (Å²) in [4.78, 5) is 13.0. The minimum Gasteiger partial charge on any atom is -0.351 e. The van der Waals surface area contributed by atoms with Gasteiger partial charge < -0.3 is 16.4 Å². The van der Waals surface area contributed by atoms with Gasteiger partial charge in [-0.2, -0.15) is 0 Å². The van der Waals surface area contributed by atoms with Crippen molar-refractivity contribution < 1.29 is 4.79 Å². The van der Waals surface area contributed by atoms with Gasteiger partial charge in [0.05, 0.1) is 0 Å². The standard InChI is InChI=1S/C10H21N3O/c1-8(11)7-13(10(12)14)9-5-3-2-4-6-9/h8-9H,2-7,11H2,1H3,(H2,12,14). The fraction of sp³-hybridized carbons (Fsp3) is 0.900. The van der Waals surface area contributed by atoms with Crippen LogP contribution in [0.25, 0.3) is 0 Å². The van der Waals surface area contributed by atoms with E-state index in [2.05, 4.69) is 0 Å². The lowest BCUT2D eigenvalue weighted by atomic mass is 9.94. The molecule has 1 rings (SSSR count). The predicted octanol–water partition coefficient (Wildman–Crippen LogP) is 1.05. The predicted molar refractivity (Wildman–Crippen MR) is 56.8 cm³/mol. The number of carbonyl (C=O) groups excluding carboxylic acids is 1. The topological polar surface area (TPSA) is 72.3 Å². The Morgan fingerprint density at radius 3 is 2.43 bits per heavy atom. The van der Waals surface area contributed by atoms with E-state index in [0.29, 0.717) is 12.6 Å². The highest BCUT2D eigenvalue weighted by molar-refractivity contribution is 5.72. The highest BCUT2D eigenvalue weighted by Gasteiger charge is 2.24. The van der Waals surface area contributed by atoms with Crippen LogP contribution in [-0.2, 0) is 0 Å². The first-order valence-electron chi connectivity index (χ1n) is 5.43. The normalized spacial score (nSPS) is 20.4. The summed E-state index contributed by atoms with van der Waals surface area (Å²) in [5.41, 5.74) is 11.0. The van der Waals surface area contributed by atoms with Crippen LogP contribution in [0.15, 0.2) is 0 Å². The molecule has 0 aliphatic heterocycles. The van der Waals surface area contributed by atoms with E-state index in [-0.39, 0.29) is 12.1 Å². The molecule has 2 amide bonds. The Balaban J connectivity index is 2.51. The van der Waals surface area contributed by atoms with E-state index in [1.807, 2.05) is 6.92 Å². The molecule has 1 atom stereocenters. The van der Waals surface area contributed by atoms with E-state index >= 15 is 0 Å². The molecule has 0 spiro atoms. The van der Waals surface area contributed by atoms with E-state index in [9.17, 15) is 4.79 Å². The number of urea groups is 1. The summed E-state index contributed by atoms with van der Waals surface area (Å²) in [5, 5.41) is 0. The summed E-state index contributed by atoms with van der Waals surface area (Å²) in [6.07, 6.45) is 5.84. The molecular weight excluding hydrogens is 178 g/mol. The number of hydrogen-bond donors (Lipinski definition) is 2. The summed E-state index contributed by atoms with van der Waals surface area (Å²) < 4.78 is 0. The van der Waals surface area contributed by atoms with Gasteiger partial charge in [0.2, 0.25) is 0 Å². The highest BCUT2D eigenvalue weighted by atomic mass is 16.2. The van der Waals surface area contributed by atoms with Crippen molar-refractivity contribution in [1.29, 1.82) is 0 Å². The van der Waals surface area contributed by atoms with Crippen molar-refractivity contribution in [2.75, 3.05) is 6.54 Å². The van der Waals surface area contributed by atoms with Crippen molar-refractivity contribution >= 4 is 6.03 Å². The fourth-order valence-electron chi connectivity index (χ4n) is 2.12. The molecular formula is C10H21N3O. The fourth-order valence-corrected chi connectivity index (χ4v) is 2.12. The Hall–Kier alpha value is -0.770. The molecule has 0 aromatic rings. The van der Waals surface area contributed by atoms with Crippen LogP contribution in [0.3, 0.4) is 0 Å². The Bertz CT molecular complexity index is 188. The lowest BCUT2D eigenvalue weighted by Crippen LogP contribution is -2.49. The van der Waals surface area contributed by atoms with Crippen molar-refractivity contribution in [2.24, 2.45) is 11.5 Å². The molecule has 0 radical (unpaired) electrons. The summed E-state index contributed by atoms with van der Waals surface area (Å²) in [7, 11) is 0. The molecule has 1 aliphatic rings. The van der Waals surface area contributed by atoms with Gasteiger partial charge in [-0.05, 0) is 19.8 Å². The molecule has 0 bridgehead atoms. The summed E-state index contributed by atoms with van der Waals surface area (Å²) in [6, 6.07) is 0.00544. The number of carbonyl (C=O) groups is 1. The van der Waals surface area contributed by atoms with Crippen LogP contribution in [0.4, 0.5) is 4.79 Å². The Labute approximate surface area is 85.6 Å². The van der Waals surface area contributed by atoms with Gasteiger partial charge in [0.15, 0.2) is 0 Å². The van der Waals surface area contributed by atoms with Crippen LogP contribution >= 0.6 is 0 Å². The summed E-state index contributed by atoms with van der Waals surface area (Å²) in [6.45, 7) is 2.48. The number of nitrogens with two attached hydrogens (primary N) is 2. The quantitative estimate of drug-likeness (QED) is 0.713. The van der Waals surface area contributed by atoms with Crippen LogP contribution in [0.1, 0.15) is 39.0 Å². The van der Waals surface area contributed by atoms with Crippen molar-refractivity contribution in [3.63, 3.8) is 0 Å². The lowest BCUT2D eigenvalue weighted by Gasteiger charge is -2.34. The molecule has 4 N–H and O–H groups in total. The van der Waals surface area contributed by atoms with Crippen LogP contribution in [0.5, 0.6) is 0 Å². The second-order valence-corrected chi connectivity index (χ2v) is 4.26. The van der Waals surface area contributed by atoms with Gasteiger partial charge in [-0.1, -0.05) is 19.3 Å². The van der Waals surface area contributed by atoms with E-state index in [4.69, 9.17) is 11.5 Å². The zero-order valence-electron chi connectivity index (χ0n) is 8.91. The third kappa shape index (κ3) is 3.18. The molecule has 1 unspecified atom stereocenters. The van der Waals surface area contributed by atoms with Gasteiger partial charge in [-0.25, -0.2) is 4.79 Å². The maximum absolute atomic E-state index is 11.2. The Kier molecular flexibility index (Phi) is 4.20. The van der Waals surface area contributed by atoms with E-state index in [1.165, 1.54) is 19.3 Å². The van der Waals surface area contributed by atoms with E-state index < -0.39 is 0 Å². The number of amides is 2. The highest BCUT2D eigenvalue weighted by Crippen LogP contribution is 2.22. The van der Waals surface area contributed by atoms with Crippen LogP contribution in [0, 0.1) is 0 Å². The smallest absolute Gasteiger partial charge is 0.315 e. The van der Waals surface area contributed by atoms with Crippen molar-refractivity contribution in [2.45, 2.75) is 51.1 Å². The van der Waals surface area contributed by atoms with Crippen molar-refractivity contribution in [3.8, 4) is 0 Å². The molecule has 0 aromatic heterocycles. The van der Waals surface area contributed by atoms with Gasteiger partial charge >= 0.3 is 6.03 Å². The van der Waals surface area contributed by atoms with Crippen molar-refractivity contribution in [1.82, 2.24) is 4.90 Å². The molecule has 0 heterocycles. The molecule has 0 aromatic carbocycles. The zero-order valence-corrected chi connectivity index (χ0v) is 8.91. The van der Waals surface area contributed by atoms with Crippen LogP contribution < -0.4 is 11.5 Å². The molecule has 1 saturated carbocycles. The minimum absolute atomic E-state index is 0.00410. The molecule has 4 nitrogen and oxygen atoms in total. The third-order valence-electron chi connectivity index (χ3n) is 2.78. The number of nitrogens with zero attached hydrogens (tertiary/aromatic N) is 1. The van der Waals surface area contributed by atoms with Crippen LogP contribution in [-0.4, -0.2) is 29.6 Å². The maximum atomic E-state index is 11.2. The number of rotatable bonds is 3. The van der Waals surface area contributed by atoms with Gasteiger partial charge in [0.25, 0.3) is 0 Å². The first kappa shape index (κ1) is 11.3. The second-order valence-electron chi connectivity index (χ2n) is 4.26. The monoisotopic (exact) mass is 199 g/mol. The largest absolute Gasteiger partial charge is 0.351 e. The van der Waals surface area contributed by atoms with Gasteiger partial charge in [-0.15, -0.1) is 0 Å². The molecule has 0 saturated heterocycles. The number of primary amides is 1. The lowest BCUT2D eigenvalue weighted by molar-refractivity contribution is 0.160. The molecule has 1 fully saturated rings. The average molecular weight is 199 g/mol. The molecule has 1 aliphatic carbocycles. The van der Waals surface area contributed by atoms with E-state index in [1.54, 1.807) is 4.90 Å². The SMILES string of the molecule is CC(N)CN(C(N)=O)C1CCCCC1. The molecule has 82 valence electrons. The average Bonchev–Trinajstić information content (AvgIpc) is 2.15. The number of hydrogen-bond acceptors (Lipinski definition) is 2. The Morgan fingerprint density at radius 2 is 2.00 bits per heavy atom. The second kappa shape index (κ2) is 5.20. The minimum atomic E-state index is -0.325. The van der Waals surface area contributed by atoms with Gasteiger partial charge in [0.1, 0.15) is 0 Å².